The lowest BCUT2D eigenvalue weighted by molar-refractivity contribution is 0.306. The van der Waals surface area contributed by atoms with E-state index < -0.39 is 0 Å². The lowest BCUT2D eigenvalue weighted by Gasteiger charge is -2.03. The summed E-state index contributed by atoms with van der Waals surface area (Å²) in [4.78, 5) is 7.89. The summed E-state index contributed by atoms with van der Waals surface area (Å²) in [5.74, 6) is 0.539. The maximum Gasteiger partial charge on any atom is 0.313 e. The molecule has 0 radical (unpaired) electrons. The number of nitrogens with zero attached hydrogens (tertiary/aromatic N) is 2. The SMILES string of the molecule is CC=CCCOC(N=C(N)CC)=NC. The third-order valence-corrected chi connectivity index (χ3v) is 1.54. The molecule has 0 aliphatic carbocycles. The van der Waals surface area contributed by atoms with Crippen molar-refractivity contribution < 1.29 is 4.74 Å². The van der Waals surface area contributed by atoms with Crippen LogP contribution in [-0.4, -0.2) is 25.5 Å². The molecule has 0 atom stereocenters. The van der Waals surface area contributed by atoms with E-state index in [4.69, 9.17) is 10.5 Å². The van der Waals surface area contributed by atoms with Crippen LogP contribution in [0.4, 0.5) is 0 Å². The molecule has 0 unspecified atom stereocenters. The molecule has 0 bridgehead atoms. The third kappa shape index (κ3) is 6.22. The summed E-state index contributed by atoms with van der Waals surface area (Å²) >= 11 is 0. The van der Waals surface area contributed by atoms with Gasteiger partial charge in [0, 0.05) is 13.5 Å². The van der Waals surface area contributed by atoms with E-state index in [1.54, 1.807) is 7.05 Å². The van der Waals surface area contributed by atoms with Crippen molar-refractivity contribution in [3.05, 3.63) is 12.2 Å². The second-order valence-electron chi connectivity index (χ2n) is 2.67. The van der Waals surface area contributed by atoms with Crippen LogP contribution in [0.25, 0.3) is 0 Å². The van der Waals surface area contributed by atoms with Gasteiger partial charge in [-0.05, 0) is 13.3 Å². The highest BCUT2D eigenvalue weighted by Gasteiger charge is 1.96. The van der Waals surface area contributed by atoms with Crippen LogP contribution in [0.15, 0.2) is 22.1 Å². The average molecular weight is 197 g/mol. The first-order chi connectivity index (χ1) is 6.74. The van der Waals surface area contributed by atoms with E-state index in [9.17, 15) is 0 Å². The van der Waals surface area contributed by atoms with Gasteiger partial charge in [-0.2, -0.15) is 4.99 Å². The third-order valence-electron chi connectivity index (χ3n) is 1.54. The number of hydrogen-bond acceptors (Lipinski definition) is 2. The minimum absolute atomic E-state index is 0.355. The molecule has 2 N–H and O–H groups in total. The van der Waals surface area contributed by atoms with Crippen molar-refractivity contribution in [3.8, 4) is 0 Å². The van der Waals surface area contributed by atoms with Crippen molar-refractivity contribution in [2.75, 3.05) is 13.7 Å². The maximum atomic E-state index is 5.56. The first-order valence-electron chi connectivity index (χ1n) is 4.78. The summed E-state index contributed by atoms with van der Waals surface area (Å²) in [7, 11) is 1.64. The highest BCUT2D eigenvalue weighted by molar-refractivity contribution is 5.92. The number of ether oxygens (including phenoxy) is 1. The molecule has 0 spiro atoms. The molecule has 0 rings (SSSR count). The predicted octanol–water partition coefficient (Wildman–Crippen LogP) is 1.72. The smallest absolute Gasteiger partial charge is 0.313 e. The molecule has 0 aliphatic heterocycles. The quantitative estimate of drug-likeness (QED) is 0.323. The van der Waals surface area contributed by atoms with E-state index in [0.717, 1.165) is 6.42 Å². The van der Waals surface area contributed by atoms with Crippen molar-refractivity contribution >= 4 is 11.9 Å². The van der Waals surface area contributed by atoms with Crippen LogP contribution in [-0.2, 0) is 4.74 Å². The number of allylic oxidation sites excluding steroid dienone is 1. The van der Waals surface area contributed by atoms with Gasteiger partial charge in [0.2, 0.25) is 0 Å². The molecule has 0 fully saturated rings. The summed E-state index contributed by atoms with van der Waals surface area (Å²) in [5, 5.41) is 0. The van der Waals surface area contributed by atoms with Crippen molar-refractivity contribution in [3.63, 3.8) is 0 Å². The highest BCUT2D eigenvalue weighted by atomic mass is 16.5. The van der Waals surface area contributed by atoms with Crippen molar-refractivity contribution in [2.24, 2.45) is 15.7 Å². The van der Waals surface area contributed by atoms with Gasteiger partial charge in [-0.15, -0.1) is 0 Å². The Labute approximate surface area is 85.6 Å². The first kappa shape index (κ1) is 12.7. The molecule has 80 valence electrons. The largest absolute Gasteiger partial charge is 0.463 e. The topological polar surface area (TPSA) is 60.0 Å². The van der Waals surface area contributed by atoms with E-state index in [1.807, 2.05) is 26.0 Å². The minimum atomic E-state index is 0.355. The van der Waals surface area contributed by atoms with Gasteiger partial charge >= 0.3 is 6.02 Å². The summed E-state index contributed by atoms with van der Waals surface area (Å²) in [6.07, 6.45) is 5.57. The van der Waals surface area contributed by atoms with Crippen LogP contribution in [0.1, 0.15) is 26.7 Å². The Hall–Kier alpha value is -1.32. The second kappa shape index (κ2) is 8.29. The zero-order valence-electron chi connectivity index (χ0n) is 9.16. The fraction of sp³-hybridized carbons (Fsp3) is 0.600. The van der Waals surface area contributed by atoms with E-state index in [0.29, 0.717) is 24.9 Å². The fourth-order valence-corrected chi connectivity index (χ4v) is 0.734. The molecular weight excluding hydrogens is 178 g/mol. The normalized spacial score (nSPS) is 13.6. The lowest BCUT2D eigenvalue weighted by atomic mass is 10.4. The Morgan fingerprint density at radius 3 is 2.71 bits per heavy atom. The van der Waals surface area contributed by atoms with Crippen molar-refractivity contribution in [1.29, 1.82) is 0 Å². The molecule has 4 heteroatoms. The average Bonchev–Trinajstić information content (AvgIpc) is 2.22. The van der Waals surface area contributed by atoms with Gasteiger partial charge in [-0.3, -0.25) is 0 Å². The molecule has 0 aromatic heterocycles. The summed E-state index contributed by atoms with van der Waals surface area (Å²) in [6, 6.07) is 0.355. The number of aliphatic imine (C=N–C) groups is 2. The number of hydrogen-bond donors (Lipinski definition) is 1. The van der Waals surface area contributed by atoms with Crippen LogP contribution in [0.5, 0.6) is 0 Å². The van der Waals surface area contributed by atoms with E-state index in [1.165, 1.54) is 0 Å². The van der Waals surface area contributed by atoms with E-state index in [-0.39, 0.29) is 0 Å². The molecule has 14 heavy (non-hydrogen) atoms. The van der Waals surface area contributed by atoms with Crippen LogP contribution in [0.2, 0.25) is 0 Å². The zero-order valence-corrected chi connectivity index (χ0v) is 9.16. The Balaban J connectivity index is 3.93. The number of rotatable bonds is 4. The maximum absolute atomic E-state index is 5.56. The lowest BCUT2D eigenvalue weighted by Crippen LogP contribution is -2.14. The summed E-state index contributed by atoms with van der Waals surface area (Å²) in [6.45, 7) is 4.49. The summed E-state index contributed by atoms with van der Waals surface area (Å²) < 4.78 is 5.30. The Morgan fingerprint density at radius 2 is 2.21 bits per heavy atom. The van der Waals surface area contributed by atoms with Gasteiger partial charge < -0.3 is 10.5 Å². The minimum Gasteiger partial charge on any atom is -0.463 e. The molecule has 0 amide bonds. The second-order valence-corrected chi connectivity index (χ2v) is 2.67. The van der Waals surface area contributed by atoms with Crippen molar-refractivity contribution in [2.45, 2.75) is 26.7 Å². The highest BCUT2D eigenvalue weighted by Crippen LogP contribution is 1.91. The zero-order chi connectivity index (χ0) is 10.8. The van der Waals surface area contributed by atoms with Crippen LogP contribution in [0, 0.1) is 0 Å². The van der Waals surface area contributed by atoms with Crippen LogP contribution < -0.4 is 5.73 Å². The number of nitrogens with two attached hydrogens (primary N) is 1. The standard InChI is InChI=1S/C10H19N3O/c1-4-6-7-8-14-10(12-3)13-9(11)5-2/h4,6H,5,7-8H2,1-3H3,(H2,11,12,13). The monoisotopic (exact) mass is 197 g/mol. The first-order valence-corrected chi connectivity index (χ1v) is 4.78. The Bertz CT molecular complexity index is 232. The molecule has 0 aromatic carbocycles. The van der Waals surface area contributed by atoms with E-state index >= 15 is 0 Å². The Kier molecular flexibility index (Phi) is 7.50. The van der Waals surface area contributed by atoms with Gasteiger partial charge in [0.25, 0.3) is 0 Å². The van der Waals surface area contributed by atoms with E-state index in [2.05, 4.69) is 9.98 Å². The van der Waals surface area contributed by atoms with Crippen molar-refractivity contribution in [1.82, 2.24) is 0 Å². The van der Waals surface area contributed by atoms with Gasteiger partial charge in [0.1, 0.15) is 5.84 Å². The molecule has 0 heterocycles. The predicted molar refractivity (Wildman–Crippen MR) is 60.7 cm³/mol. The van der Waals surface area contributed by atoms with Gasteiger partial charge in [0.05, 0.1) is 6.61 Å². The molecule has 0 aromatic rings. The summed E-state index contributed by atoms with van der Waals surface area (Å²) in [5.41, 5.74) is 5.56. The van der Waals surface area contributed by atoms with Crippen LogP contribution in [0.3, 0.4) is 0 Å². The molecule has 0 aliphatic rings. The Morgan fingerprint density at radius 1 is 1.50 bits per heavy atom. The van der Waals surface area contributed by atoms with Gasteiger partial charge in [-0.1, -0.05) is 19.1 Å². The molecule has 0 saturated carbocycles. The van der Waals surface area contributed by atoms with Gasteiger partial charge in [0.15, 0.2) is 0 Å². The fourth-order valence-electron chi connectivity index (χ4n) is 0.734. The number of amidine groups is 2. The molecule has 0 saturated heterocycles. The molecular formula is C10H19N3O. The molecule has 4 nitrogen and oxygen atoms in total. The van der Waals surface area contributed by atoms with Crippen LogP contribution >= 0.6 is 0 Å². The van der Waals surface area contributed by atoms with Gasteiger partial charge in [-0.25, -0.2) is 4.99 Å².